The molecule has 4 nitrogen and oxygen atoms in total. The Morgan fingerprint density at radius 2 is 1.21 bits per heavy atom. The maximum absolute atomic E-state index is 6.35. The van der Waals surface area contributed by atoms with Gasteiger partial charge in [-0.2, -0.15) is 0 Å². The summed E-state index contributed by atoms with van der Waals surface area (Å²) in [7, 11) is 0. The van der Waals surface area contributed by atoms with E-state index in [2.05, 4.69) is 72.9 Å². The summed E-state index contributed by atoms with van der Waals surface area (Å²) in [4.78, 5) is 0. The second kappa shape index (κ2) is 12.7. The fraction of sp³-hybridized carbons (Fsp3) is 1.00. The Morgan fingerprint density at radius 3 is 1.76 bits per heavy atom. The molecule has 0 aromatic rings. The molecular weight excluding hydrogens is 408 g/mol. The van der Waals surface area contributed by atoms with Crippen molar-refractivity contribution in [3.05, 3.63) is 0 Å². The number of nitrogens with one attached hydrogen (secondary N) is 2. The van der Waals surface area contributed by atoms with Gasteiger partial charge in [-0.25, -0.2) is 0 Å². The molecule has 0 aliphatic carbocycles. The molecule has 4 unspecified atom stereocenters. The molecule has 2 fully saturated rings. The number of rotatable bonds is 13. The molecule has 2 heterocycles. The molecule has 0 amide bonds. The lowest BCUT2D eigenvalue weighted by Crippen LogP contribution is -2.63. The molecule has 2 rings (SSSR count). The highest BCUT2D eigenvalue weighted by Gasteiger charge is 2.42. The summed E-state index contributed by atoms with van der Waals surface area (Å²) >= 11 is 0. The predicted octanol–water partition coefficient (Wildman–Crippen LogP) is 6.86. The molecule has 33 heavy (non-hydrogen) atoms. The molecule has 4 atom stereocenters. The summed E-state index contributed by atoms with van der Waals surface area (Å²) in [6, 6.07) is 0.580. The zero-order valence-electron chi connectivity index (χ0n) is 23.7. The Balaban J connectivity index is 1.51. The number of piperidine rings is 2. The Hall–Kier alpha value is -0.160. The first-order valence-electron chi connectivity index (χ1n) is 14.1. The third-order valence-corrected chi connectivity index (χ3v) is 8.17. The van der Waals surface area contributed by atoms with Crippen molar-refractivity contribution in [3.8, 4) is 0 Å². The van der Waals surface area contributed by atoms with Crippen LogP contribution in [0.2, 0.25) is 0 Å². The maximum atomic E-state index is 6.35. The quantitative estimate of drug-likeness (QED) is 0.291. The monoisotopic (exact) mass is 466 g/mol. The van der Waals surface area contributed by atoms with E-state index < -0.39 is 0 Å². The molecule has 2 aliphatic rings. The summed E-state index contributed by atoms with van der Waals surface area (Å²) in [5.41, 5.74) is 0.523. The van der Waals surface area contributed by atoms with Crippen LogP contribution in [0.25, 0.3) is 0 Å². The van der Waals surface area contributed by atoms with Crippen LogP contribution in [-0.2, 0) is 9.47 Å². The van der Waals surface area contributed by atoms with Gasteiger partial charge in [0.1, 0.15) is 0 Å². The maximum Gasteiger partial charge on any atom is 0.0610 e. The molecule has 2 aliphatic heterocycles. The van der Waals surface area contributed by atoms with Gasteiger partial charge < -0.3 is 20.1 Å². The van der Waals surface area contributed by atoms with Gasteiger partial charge in [-0.1, -0.05) is 53.4 Å². The van der Waals surface area contributed by atoms with Crippen molar-refractivity contribution in [2.24, 2.45) is 11.8 Å². The van der Waals surface area contributed by atoms with E-state index in [4.69, 9.17) is 9.47 Å². The number of unbranched alkanes of at least 4 members (excludes halogenated alkanes) is 5. The van der Waals surface area contributed by atoms with Gasteiger partial charge in [0.2, 0.25) is 0 Å². The van der Waals surface area contributed by atoms with Crippen LogP contribution in [0, 0.1) is 11.8 Å². The van der Waals surface area contributed by atoms with Gasteiger partial charge in [0.25, 0.3) is 0 Å². The van der Waals surface area contributed by atoms with Crippen LogP contribution >= 0.6 is 0 Å². The van der Waals surface area contributed by atoms with Gasteiger partial charge in [0, 0.05) is 35.9 Å². The lowest BCUT2D eigenvalue weighted by Gasteiger charge is -2.50. The first-order chi connectivity index (χ1) is 15.3. The highest BCUT2D eigenvalue weighted by atomic mass is 16.5. The van der Waals surface area contributed by atoms with Crippen molar-refractivity contribution < 1.29 is 9.47 Å². The molecule has 0 saturated carbocycles. The lowest BCUT2D eigenvalue weighted by atomic mass is 9.74. The Kier molecular flexibility index (Phi) is 11.2. The van der Waals surface area contributed by atoms with Gasteiger partial charge in [0.15, 0.2) is 0 Å². The average Bonchev–Trinajstić information content (AvgIpc) is 2.66. The average molecular weight is 467 g/mol. The smallest absolute Gasteiger partial charge is 0.0610 e. The van der Waals surface area contributed by atoms with Crippen molar-refractivity contribution in [3.63, 3.8) is 0 Å². The standard InChI is InChI=1S/C29H58N2O2/c1-22(2)26-18-24(19-27(5,6)30-26)32-16-14-12-10-11-13-15-17-33-25-20-28(7,8)31-29(9,21-25)23(3)4/h22-26,30-31H,10-21H2,1-9H3. The minimum absolute atomic E-state index is 0.156. The zero-order chi connectivity index (χ0) is 24.7. The molecule has 0 bridgehead atoms. The largest absolute Gasteiger partial charge is 0.378 e. The minimum atomic E-state index is 0.156. The van der Waals surface area contributed by atoms with Crippen LogP contribution in [0.15, 0.2) is 0 Å². The summed E-state index contributed by atoms with van der Waals surface area (Å²) in [5.74, 6) is 1.28. The van der Waals surface area contributed by atoms with Gasteiger partial charge >= 0.3 is 0 Å². The van der Waals surface area contributed by atoms with Crippen LogP contribution in [0.4, 0.5) is 0 Å². The Morgan fingerprint density at radius 1 is 0.697 bits per heavy atom. The second-order valence-corrected chi connectivity index (χ2v) is 13.4. The summed E-state index contributed by atoms with van der Waals surface area (Å²) in [5, 5.41) is 7.67. The molecule has 2 N–H and O–H groups in total. The number of hydrogen-bond donors (Lipinski definition) is 2. The van der Waals surface area contributed by atoms with E-state index in [0.717, 1.165) is 38.9 Å². The van der Waals surface area contributed by atoms with Crippen molar-refractivity contribution in [1.82, 2.24) is 10.6 Å². The van der Waals surface area contributed by atoms with Gasteiger partial charge in [-0.3, -0.25) is 0 Å². The second-order valence-electron chi connectivity index (χ2n) is 13.4. The molecule has 0 aromatic carbocycles. The summed E-state index contributed by atoms with van der Waals surface area (Å²) in [6.45, 7) is 22.8. The van der Waals surface area contributed by atoms with Crippen LogP contribution in [0.1, 0.15) is 127 Å². The Labute approximate surface area is 206 Å². The molecule has 196 valence electrons. The Bertz CT molecular complexity index is 560. The van der Waals surface area contributed by atoms with E-state index in [1.54, 1.807) is 0 Å². The minimum Gasteiger partial charge on any atom is -0.378 e. The third-order valence-electron chi connectivity index (χ3n) is 8.17. The molecule has 2 saturated heterocycles. The third kappa shape index (κ3) is 10.2. The van der Waals surface area contributed by atoms with Crippen molar-refractivity contribution >= 4 is 0 Å². The van der Waals surface area contributed by atoms with Crippen LogP contribution in [0.3, 0.4) is 0 Å². The fourth-order valence-corrected chi connectivity index (χ4v) is 6.02. The van der Waals surface area contributed by atoms with Crippen molar-refractivity contribution in [2.75, 3.05) is 13.2 Å². The van der Waals surface area contributed by atoms with Crippen LogP contribution in [0.5, 0.6) is 0 Å². The van der Waals surface area contributed by atoms with E-state index in [-0.39, 0.29) is 16.6 Å². The zero-order valence-corrected chi connectivity index (χ0v) is 23.7. The normalized spacial score (nSPS) is 31.9. The predicted molar refractivity (Wildman–Crippen MR) is 142 cm³/mol. The van der Waals surface area contributed by atoms with Crippen molar-refractivity contribution in [2.45, 2.75) is 161 Å². The van der Waals surface area contributed by atoms with E-state index in [0.29, 0.717) is 30.1 Å². The topological polar surface area (TPSA) is 42.5 Å². The molecule has 0 spiro atoms. The number of ether oxygens (including phenoxy) is 2. The van der Waals surface area contributed by atoms with Crippen LogP contribution in [-0.4, -0.2) is 48.1 Å². The fourth-order valence-electron chi connectivity index (χ4n) is 6.02. The van der Waals surface area contributed by atoms with E-state index in [1.165, 1.54) is 38.5 Å². The summed E-state index contributed by atoms with van der Waals surface area (Å²) < 4.78 is 12.6. The lowest BCUT2D eigenvalue weighted by molar-refractivity contribution is -0.0376. The van der Waals surface area contributed by atoms with Crippen LogP contribution < -0.4 is 10.6 Å². The number of hydrogen-bond acceptors (Lipinski definition) is 4. The first-order valence-corrected chi connectivity index (χ1v) is 14.1. The van der Waals surface area contributed by atoms with Gasteiger partial charge in [-0.05, 0) is 85.0 Å². The van der Waals surface area contributed by atoms with Gasteiger partial charge in [0.05, 0.1) is 12.2 Å². The molecular formula is C29H58N2O2. The molecule has 4 heteroatoms. The van der Waals surface area contributed by atoms with Crippen molar-refractivity contribution in [1.29, 1.82) is 0 Å². The highest BCUT2D eigenvalue weighted by Crippen LogP contribution is 2.35. The SMILES string of the molecule is CC(C)C1CC(OCCCCCCCCOC2CC(C)(C)NC(C)(C(C)C)C2)CC(C)(C)N1. The van der Waals surface area contributed by atoms with E-state index in [1.807, 2.05) is 0 Å². The first kappa shape index (κ1) is 29.1. The van der Waals surface area contributed by atoms with E-state index >= 15 is 0 Å². The molecule has 0 aromatic heterocycles. The molecule has 0 radical (unpaired) electrons. The summed E-state index contributed by atoms with van der Waals surface area (Å²) in [6.07, 6.45) is 12.9. The highest BCUT2D eigenvalue weighted by molar-refractivity contribution is 5.01. The van der Waals surface area contributed by atoms with Gasteiger partial charge in [-0.15, -0.1) is 0 Å². The van der Waals surface area contributed by atoms with E-state index in [9.17, 15) is 0 Å².